The zero-order chi connectivity index (χ0) is 26.0. The normalized spacial score (nSPS) is 14.5. The number of fused-ring (bicyclic) bond motifs is 1. The molecule has 1 atom stereocenters. The molecular weight excluding hydrogens is 466 g/mol. The van der Waals surface area contributed by atoms with E-state index in [0.29, 0.717) is 24.5 Å². The van der Waals surface area contributed by atoms with Crippen molar-refractivity contribution < 1.29 is 19.4 Å². The number of H-pyrrole nitrogens is 1. The highest BCUT2D eigenvalue weighted by Crippen LogP contribution is 2.39. The summed E-state index contributed by atoms with van der Waals surface area (Å²) in [5, 5.41) is 9.25. The first-order chi connectivity index (χ1) is 17.9. The van der Waals surface area contributed by atoms with Crippen LogP contribution >= 0.6 is 0 Å². The number of anilines is 1. The van der Waals surface area contributed by atoms with Crippen molar-refractivity contribution in [2.75, 3.05) is 11.9 Å². The molecule has 37 heavy (non-hydrogen) atoms. The molecule has 1 heterocycles. The van der Waals surface area contributed by atoms with Crippen molar-refractivity contribution in [2.45, 2.75) is 38.3 Å². The summed E-state index contributed by atoms with van der Waals surface area (Å²) in [6.45, 7) is 2.48. The Morgan fingerprint density at radius 1 is 1.08 bits per heavy atom. The number of carboxylic acids is 1. The van der Waals surface area contributed by atoms with Crippen molar-refractivity contribution in [3.63, 3.8) is 0 Å². The van der Waals surface area contributed by atoms with E-state index >= 15 is 0 Å². The number of carboxylic acid groups (broad SMARTS) is 1. The van der Waals surface area contributed by atoms with Crippen molar-refractivity contribution in [2.24, 2.45) is 0 Å². The number of nitrogens with one attached hydrogen (secondary N) is 1. The van der Waals surface area contributed by atoms with E-state index in [1.54, 1.807) is 36.7 Å². The van der Waals surface area contributed by atoms with Gasteiger partial charge >= 0.3 is 5.97 Å². The molecule has 1 aliphatic rings. The second-order valence-electron chi connectivity index (χ2n) is 9.49. The predicted molar refractivity (Wildman–Crippen MR) is 141 cm³/mol. The topological polar surface area (TPSA) is 95.5 Å². The van der Waals surface area contributed by atoms with E-state index < -0.39 is 11.6 Å². The SMILES string of the molecule is CN(Cc1c(O[C@@](C)(c2ccccc2)c2ncc[nH]2)ccc2c1CCCC2=O)c1ccc(C(=O)O)cc1. The molecular formula is C30H29N3O4. The molecule has 0 aliphatic heterocycles. The fraction of sp³-hybridized carbons (Fsp3) is 0.233. The summed E-state index contributed by atoms with van der Waals surface area (Å²) in [4.78, 5) is 33.8. The van der Waals surface area contributed by atoms with Crippen molar-refractivity contribution in [1.82, 2.24) is 9.97 Å². The molecule has 4 aromatic rings. The Bertz CT molecular complexity index is 1420. The Morgan fingerprint density at radius 2 is 1.84 bits per heavy atom. The molecule has 1 aromatic heterocycles. The van der Waals surface area contributed by atoms with Crippen molar-refractivity contribution in [3.05, 3.63) is 113 Å². The number of benzene rings is 3. The number of hydrogen-bond acceptors (Lipinski definition) is 5. The lowest BCUT2D eigenvalue weighted by atomic mass is 9.86. The number of imidazole rings is 1. The van der Waals surface area contributed by atoms with Gasteiger partial charge in [-0.05, 0) is 61.7 Å². The average molecular weight is 496 g/mol. The minimum Gasteiger partial charge on any atom is -0.478 e. The van der Waals surface area contributed by atoms with Crippen LogP contribution in [-0.4, -0.2) is 33.9 Å². The standard InChI is InChI=1S/C30H29N3O4/c1-30(29-31-17-18-32-29,21-7-4-3-5-8-21)37-27-16-15-24-23(9-6-10-26(24)34)25(27)19-33(2)22-13-11-20(12-14-22)28(35)36/h3-5,7-8,11-18H,6,9-10,19H2,1-2H3,(H,31,32)(H,35,36)/t30-/m0/s1. The maximum absolute atomic E-state index is 12.8. The Balaban J connectivity index is 1.58. The van der Waals surface area contributed by atoms with Gasteiger partial charge in [0.25, 0.3) is 0 Å². The molecule has 188 valence electrons. The number of aromatic amines is 1. The number of ether oxygens (including phenoxy) is 1. The molecule has 0 saturated heterocycles. The van der Waals surface area contributed by atoms with E-state index in [1.807, 2.05) is 61.3 Å². The molecule has 0 radical (unpaired) electrons. The van der Waals surface area contributed by atoms with Gasteiger partial charge < -0.3 is 19.7 Å². The first kappa shape index (κ1) is 24.3. The second kappa shape index (κ2) is 9.93. The summed E-state index contributed by atoms with van der Waals surface area (Å²) < 4.78 is 6.84. The zero-order valence-corrected chi connectivity index (χ0v) is 20.9. The molecule has 0 amide bonds. The van der Waals surface area contributed by atoms with Crippen molar-refractivity contribution in [3.8, 4) is 5.75 Å². The largest absolute Gasteiger partial charge is 0.478 e. The van der Waals surface area contributed by atoms with Gasteiger partial charge in [-0.3, -0.25) is 4.79 Å². The lowest BCUT2D eigenvalue weighted by Gasteiger charge is -2.33. The number of aromatic carboxylic acids is 1. The molecule has 0 unspecified atom stereocenters. The number of aromatic nitrogens is 2. The van der Waals surface area contributed by atoms with Crippen LogP contribution in [0.2, 0.25) is 0 Å². The Hall–Kier alpha value is -4.39. The first-order valence-electron chi connectivity index (χ1n) is 12.3. The highest BCUT2D eigenvalue weighted by atomic mass is 16.5. The highest BCUT2D eigenvalue weighted by Gasteiger charge is 2.35. The summed E-state index contributed by atoms with van der Waals surface area (Å²) in [7, 11) is 1.95. The van der Waals surface area contributed by atoms with Gasteiger partial charge in [0, 0.05) is 54.8 Å². The van der Waals surface area contributed by atoms with E-state index in [2.05, 4.69) is 9.97 Å². The van der Waals surface area contributed by atoms with Crippen LogP contribution in [0.15, 0.2) is 79.1 Å². The Morgan fingerprint density at radius 3 is 2.51 bits per heavy atom. The number of hydrogen-bond donors (Lipinski definition) is 2. The number of carbonyl (C=O) groups excluding carboxylic acids is 1. The van der Waals surface area contributed by atoms with Crippen LogP contribution in [0.3, 0.4) is 0 Å². The number of nitrogens with zero attached hydrogens (tertiary/aromatic N) is 2. The highest BCUT2D eigenvalue weighted by molar-refractivity contribution is 5.99. The first-order valence-corrected chi connectivity index (χ1v) is 12.3. The fourth-order valence-electron chi connectivity index (χ4n) is 4.98. The van der Waals surface area contributed by atoms with Crippen molar-refractivity contribution in [1.29, 1.82) is 0 Å². The van der Waals surface area contributed by atoms with Gasteiger partial charge in [-0.1, -0.05) is 30.3 Å². The minimum absolute atomic E-state index is 0.152. The third-order valence-corrected chi connectivity index (χ3v) is 7.06. The van der Waals surface area contributed by atoms with E-state index in [9.17, 15) is 14.7 Å². The lowest BCUT2D eigenvalue weighted by Crippen LogP contribution is -2.33. The van der Waals surface area contributed by atoms with Gasteiger partial charge in [-0.2, -0.15) is 0 Å². The molecule has 1 aliphatic carbocycles. The van der Waals surface area contributed by atoms with Gasteiger partial charge in [0.2, 0.25) is 0 Å². The number of carbonyl (C=O) groups is 2. The van der Waals surface area contributed by atoms with E-state index in [0.717, 1.165) is 40.8 Å². The number of ketones is 1. The van der Waals surface area contributed by atoms with E-state index in [1.165, 1.54) is 0 Å². The fourth-order valence-corrected chi connectivity index (χ4v) is 4.98. The number of Topliss-reactive ketones (excluding diaryl/α,β-unsaturated/α-hetero) is 1. The molecule has 0 spiro atoms. The maximum Gasteiger partial charge on any atom is 0.335 e. The van der Waals surface area contributed by atoms with Crippen LogP contribution in [0.25, 0.3) is 0 Å². The monoisotopic (exact) mass is 495 g/mol. The quantitative estimate of drug-likeness (QED) is 0.330. The lowest BCUT2D eigenvalue weighted by molar-refractivity contribution is 0.0696. The smallest absolute Gasteiger partial charge is 0.335 e. The van der Waals surface area contributed by atoms with Gasteiger partial charge in [0.05, 0.1) is 5.56 Å². The summed E-state index contributed by atoms with van der Waals surface area (Å²) in [5.41, 5.74) is 3.87. The van der Waals surface area contributed by atoms with Crippen LogP contribution in [0.5, 0.6) is 5.75 Å². The summed E-state index contributed by atoms with van der Waals surface area (Å²) in [6.07, 6.45) is 5.63. The van der Waals surface area contributed by atoms with Crippen LogP contribution in [-0.2, 0) is 18.6 Å². The minimum atomic E-state index is -0.960. The molecule has 3 aromatic carbocycles. The summed E-state index contributed by atoms with van der Waals surface area (Å²) in [5.74, 6) is 0.555. The predicted octanol–water partition coefficient (Wildman–Crippen LogP) is 5.61. The van der Waals surface area contributed by atoms with Gasteiger partial charge in [-0.25, -0.2) is 9.78 Å². The summed E-state index contributed by atoms with van der Waals surface area (Å²) >= 11 is 0. The zero-order valence-electron chi connectivity index (χ0n) is 20.9. The molecule has 5 rings (SSSR count). The van der Waals surface area contributed by atoms with Crippen LogP contribution in [0.1, 0.15) is 63.0 Å². The molecule has 7 heteroatoms. The van der Waals surface area contributed by atoms with Crippen LogP contribution < -0.4 is 9.64 Å². The third-order valence-electron chi connectivity index (χ3n) is 7.06. The molecule has 0 bridgehead atoms. The maximum atomic E-state index is 12.8. The van der Waals surface area contributed by atoms with Gasteiger partial charge in [0.15, 0.2) is 17.2 Å². The molecule has 2 N–H and O–H groups in total. The van der Waals surface area contributed by atoms with Gasteiger partial charge in [-0.15, -0.1) is 0 Å². The van der Waals surface area contributed by atoms with E-state index in [4.69, 9.17) is 4.74 Å². The van der Waals surface area contributed by atoms with Crippen LogP contribution in [0, 0.1) is 0 Å². The third kappa shape index (κ3) is 4.72. The molecule has 0 saturated carbocycles. The van der Waals surface area contributed by atoms with Gasteiger partial charge in [0.1, 0.15) is 5.75 Å². The van der Waals surface area contributed by atoms with E-state index in [-0.39, 0.29) is 11.3 Å². The Labute approximate surface area is 215 Å². The number of rotatable bonds is 8. The van der Waals surface area contributed by atoms with Crippen LogP contribution in [0.4, 0.5) is 5.69 Å². The van der Waals surface area contributed by atoms with Crippen molar-refractivity contribution >= 4 is 17.4 Å². The average Bonchev–Trinajstić information content (AvgIpc) is 3.46. The Kier molecular flexibility index (Phi) is 6.53. The molecule has 0 fully saturated rings. The summed E-state index contributed by atoms with van der Waals surface area (Å²) in [6, 6.07) is 20.5. The molecule has 7 nitrogen and oxygen atoms in total. The second-order valence-corrected chi connectivity index (χ2v) is 9.49.